The van der Waals surface area contributed by atoms with Crippen LogP contribution in [0.1, 0.15) is 27.0 Å². The zero-order valence-corrected chi connectivity index (χ0v) is 20.5. The van der Waals surface area contributed by atoms with Crippen LogP contribution in [0.5, 0.6) is 5.75 Å². The SMILES string of the molecule is C=CCc1cccc(CNc2cc(O)c(C(N)=O)cc2S(=O)(=O)Nc2ccc(Cl)c(CC=C)c2)c1. The first kappa shape index (κ1) is 25.9. The molecule has 0 radical (unpaired) electrons. The molecule has 0 bridgehead atoms. The summed E-state index contributed by atoms with van der Waals surface area (Å²) in [6, 6.07) is 14.7. The number of halogens is 1. The highest BCUT2D eigenvalue weighted by molar-refractivity contribution is 7.92. The summed E-state index contributed by atoms with van der Waals surface area (Å²) < 4.78 is 29.2. The number of sulfonamides is 1. The molecular formula is C26H26ClN3O4S. The average molecular weight is 512 g/mol. The fourth-order valence-electron chi connectivity index (χ4n) is 3.52. The molecule has 0 aromatic heterocycles. The lowest BCUT2D eigenvalue weighted by molar-refractivity contribution is 0.0997. The Bertz CT molecular complexity index is 1390. The van der Waals surface area contributed by atoms with Gasteiger partial charge in [0.15, 0.2) is 0 Å². The second-order valence-corrected chi connectivity index (χ2v) is 9.86. The molecule has 0 saturated carbocycles. The molecule has 1 amide bonds. The second kappa shape index (κ2) is 11.1. The van der Waals surface area contributed by atoms with Gasteiger partial charge in [-0.3, -0.25) is 9.52 Å². The van der Waals surface area contributed by atoms with Crippen molar-refractivity contribution in [1.29, 1.82) is 0 Å². The Balaban J connectivity index is 1.99. The van der Waals surface area contributed by atoms with E-state index in [2.05, 4.69) is 23.2 Å². The highest BCUT2D eigenvalue weighted by Gasteiger charge is 2.23. The number of rotatable bonds is 11. The molecule has 35 heavy (non-hydrogen) atoms. The van der Waals surface area contributed by atoms with E-state index in [4.69, 9.17) is 17.3 Å². The Morgan fingerprint density at radius 3 is 2.43 bits per heavy atom. The van der Waals surface area contributed by atoms with Crippen LogP contribution in [0.4, 0.5) is 11.4 Å². The summed E-state index contributed by atoms with van der Waals surface area (Å²) in [4.78, 5) is 11.6. The monoisotopic (exact) mass is 511 g/mol. The van der Waals surface area contributed by atoms with Gasteiger partial charge in [0.05, 0.1) is 11.3 Å². The Kier molecular flexibility index (Phi) is 8.22. The zero-order chi connectivity index (χ0) is 25.6. The summed E-state index contributed by atoms with van der Waals surface area (Å²) in [5, 5.41) is 13.8. The molecule has 0 aliphatic rings. The van der Waals surface area contributed by atoms with Crippen LogP contribution in [-0.2, 0) is 29.4 Å². The van der Waals surface area contributed by atoms with Crippen LogP contribution in [0, 0.1) is 0 Å². The Morgan fingerprint density at radius 2 is 1.74 bits per heavy atom. The topological polar surface area (TPSA) is 122 Å². The summed E-state index contributed by atoms with van der Waals surface area (Å²) in [7, 11) is -4.20. The van der Waals surface area contributed by atoms with E-state index in [0.717, 1.165) is 17.2 Å². The third kappa shape index (κ3) is 6.44. The van der Waals surface area contributed by atoms with Crippen LogP contribution in [0.15, 0.2) is 84.8 Å². The van der Waals surface area contributed by atoms with Crippen molar-refractivity contribution >= 4 is 38.9 Å². The molecule has 182 valence electrons. The number of amides is 1. The normalized spacial score (nSPS) is 11.0. The maximum Gasteiger partial charge on any atom is 0.263 e. The smallest absolute Gasteiger partial charge is 0.263 e. The van der Waals surface area contributed by atoms with Gasteiger partial charge in [-0.2, -0.15) is 0 Å². The lowest BCUT2D eigenvalue weighted by Crippen LogP contribution is -2.18. The zero-order valence-electron chi connectivity index (χ0n) is 18.9. The molecule has 0 aliphatic carbocycles. The number of phenols is 1. The van der Waals surface area contributed by atoms with E-state index in [-0.39, 0.29) is 28.4 Å². The Labute approximate surface area is 210 Å². The molecule has 9 heteroatoms. The number of allylic oxidation sites excluding steroid dienone is 2. The van der Waals surface area contributed by atoms with Crippen LogP contribution in [0.3, 0.4) is 0 Å². The minimum atomic E-state index is -4.20. The van der Waals surface area contributed by atoms with Gasteiger partial charge in [-0.05, 0) is 53.8 Å². The van der Waals surface area contributed by atoms with Crippen molar-refractivity contribution < 1.29 is 18.3 Å². The first-order valence-electron chi connectivity index (χ1n) is 10.7. The minimum Gasteiger partial charge on any atom is -0.507 e. The Morgan fingerprint density at radius 1 is 1.03 bits per heavy atom. The summed E-state index contributed by atoms with van der Waals surface area (Å²) in [5.41, 5.74) is 8.06. The molecule has 3 rings (SSSR count). The first-order valence-corrected chi connectivity index (χ1v) is 12.5. The summed E-state index contributed by atoms with van der Waals surface area (Å²) >= 11 is 6.17. The second-order valence-electron chi connectivity index (χ2n) is 7.80. The van der Waals surface area contributed by atoms with Crippen molar-refractivity contribution in [3.63, 3.8) is 0 Å². The maximum atomic E-state index is 13.4. The minimum absolute atomic E-state index is 0.106. The lowest BCUT2D eigenvalue weighted by atomic mass is 10.1. The number of benzene rings is 3. The van der Waals surface area contributed by atoms with Crippen molar-refractivity contribution in [3.05, 3.63) is 107 Å². The van der Waals surface area contributed by atoms with Crippen LogP contribution >= 0.6 is 11.6 Å². The van der Waals surface area contributed by atoms with Gasteiger partial charge in [0.25, 0.3) is 15.9 Å². The predicted molar refractivity (Wildman–Crippen MR) is 140 cm³/mol. The standard InChI is InChI=1S/C26H26ClN3O4S/c1-3-6-17-8-5-9-18(12-17)16-29-23-15-24(31)21(26(28)32)14-25(23)35(33,34)30-20-10-11-22(27)19(13-20)7-4-2/h3-5,8-15,29-31H,1-2,6-7,16H2,(H2,28,32). The Hall–Kier alpha value is -3.75. The number of hydrogen-bond donors (Lipinski definition) is 4. The third-order valence-corrected chi connectivity index (χ3v) is 6.96. The van der Waals surface area contributed by atoms with Gasteiger partial charge >= 0.3 is 0 Å². The number of nitrogens with one attached hydrogen (secondary N) is 2. The van der Waals surface area contributed by atoms with E-state index in [1.165, 1.54) is 12.1 Å². The molecular weight excluding hydrogens is 486 g/mol. The lowest BCUT2D eigenvalue weighted by Gasteiger charge is -2.17. The van der Waals surface area contributed by atoms with Crippen LogP contribution in [-0.4, -0.2) is 19.4 Å². The number of carbonyl (C=O) groups is 1. The van der Waals surface area contributed by atoms with E-state index in [9.17, 15) is 18.3 Å². The molecule has 7 nitrogen and oxygen atoms in total. The molecule has 3 aromatic carbocycles. The quantitative estimate of drug-likeness (QED) is 0.269. The highest BCUT2D eigenvalue weighted by atomic mass is 35.5. The summed E-state index contributed by atoms with van der Waals surface area (Å²) in [5.74, 6) is -1.39. The van der Waals surface area contributed by atoms with Crippen molar-refractivity contribution in [2.45, 2.75) is 24.3 Å². The van der Waals surface area contributed by atoms with Crippen molar-refractivity contribution in [1.82, 2.24) is 0 Å². The molecule has 0 aliphatic heterocycles. The van der Waals surface area contributed by atoms with E-state index >= 15 is 0 Å². The highest BCUT2D eigenvalue weighted by Crippen LogP contribution is 2.32. The molecule has 0 heterocycles. The summed E-state index contributed by atoms with van der Waals surface area (Å²) in [6.45, 7) is 7.69. The number of aromatic hydroxyl groups is 1. The van der Waals surface area contributed by atoms with Gasteiger partial charge in [0.2, 0.25) is 0 Å². The van der Waals surface area contributed by atoms with E-state index < -0.39 is 21.7 Å². The van der Waals surface area contributed by atoms with E-state index in [0.29, 0.717) is 23.4 Å². The van der Waals surface area contributed by atoms with Crippen molar-refractivity contribution in [2.75, 3.05) is 10.0 Å². The molecule has 0 saturated heterocycles. The predicted octanol–water partition coefficient (Wildman–Crippen LogP) is 5.01. The third-order valence-electron chi connectivity index (χ3n) is 5.17. The summed E-state index contributed by atoms with van der Waals surface area (Å²) in [6.07, 6.45) is 4.60. The molecule has 0 atom stereocenters. The average Bonchev–Trinajstić information content (AvgIpc) is 2.80. The van der Waals surface area contributed by atoms with Crippen LogP contribution in [0.2, 0.25) is 5.02 Å². The van der Waals surface area contributed by atoms with Crippen LogP contribution < -0.4 is 15.8 Å². The van der Waals surface area contributed by atoms with Gasteiger partial charge in [0.1, 0.15) is 10.6 Å². The van der Waals surface area contributed by atoms with Gasteiger partial charge in [0, 0.05) is 23.3 Å². The number of primary amides is 1. The number of carbonyl (C=O) groups excluding carboxylic acids is 1. The van der Waals surface area contributed by atoms with Crippen molar-refractivity contribution in [3.8, 4) is 5.75 Å². The van der Waals surface area contributed by atoms with Gasteiger partial charge in [-0.15, -0.1) is 13.2 Å². The van der Waals surface area contributed by atoms with E-state index in [1.54, 1.807) is 24.3 Å². The molecule has 0 fully saturated rings. The van der Waals surface area contributed by atoms with Gasteiger partial charge < -0.3 is 16.2 Å². The number of nitrogens with two attached hydrogens (primary N) is 1. The fraction of sp³-hybridized carbons (Fsp3) is 0.115. The van der Waals surface area contributed by atoms with Gasteiger partial charge in [-0.1, -0.05) is 48.0 Å². The first-order chi connectivity index (χ1) is 16.6. The fourth-order valence-corrected chi connectivity index (χ4v) is 4.95. The van der Waals surface area contributed by atoms with E-state index in [1.807, 2.05) is 24.3 Å². The molecule has 3 aromatic rings. The molecule has 5 N–H and O–H groups in total. The number of anilines is 2. The van der Waals surface area contributed by atoms with Gasteiger partial charge in [-0.25, -0.2) is 8.42 Å². The largest absolute Gasteiger partial charge is 0.507 e. The maximum absolute atomic E-state index is 13.4. The van der Waals surface area contributed by atoms with Crippen molar-refractivity contribution in [2.24, 2.45) is 5.73 Å². The molecule has 0 spiro atoms. The van der Waals surface area contributed by atoms with Crippen LogP contribution in [0.25, 0.3) is 0 Å². The molecule has 0 unspecified atom stereocenters. The number of hydrogen-bond acceptors (Lipinski definition) is 5.